The summed E-state index contributed by atoms with van der Waals surface area (Å²) < 4.78 is 10.4. The number of para-hydroxylation sites is 1. The Labute approximate surface area is 94.0 Å². The highest BCUT2D eigenvalue weighted by atomic mass is 16.5. The molecule has 0 amide bonds. The van der Waals surface area contributed by atoms with Crippen LogP contribution in [0.2, 0.25) is 0 Å². The van der Waals surface area contributed by atoms with Crippen molar-refractivity contribution in [2.45, 2.75) is 6.42 Å². The fourth-order valence-corrected chi connectivity index (χ4v) is 1.56. The molecule has 0 bridgehead atoms. The summed E-state index contributed by atoms with van der Waals surface area (Å²) in [5.74, 6) is 1.58. The molecule has 1 aromatic carbocycles. The first-order valence-electron chi connectivity index (χ1n) is 5.14. The molecule has 0 fully saturated rings. The quantitative estimate of drug-likeness (QED) is 0.850. The molecule has 0 spiro atoms. The molecule has 4 nitrogen and oxygen atoms in total. The SMILES string of the molecule is COc1ccccc1-c1cc(CCN)on1. The molecule has 0 aliphatic heterocycles. The maximum absolute atomic E-state index is 5.45. The van der Waals surface area contributed by atoms with Gasteiger partial charge < -0.3 is 15.0 Å². The summed E-state index contributed by atoms with van der Waals surface area (Å²) in [7, 11) is 1.64. The van der Waals surface area contributed by atoms with Gasteiger partial charge in [0.15, 0.2) is 0 Å². The van der Waals surface area contributed by atoms with E-state index >= 15 is 0 Å². The summed E-state index contributed by atoms with van der Waals surface area (Å²) in [5.41, 5.74) is 7.16. The van der Waals surface area contributed by atoms with E-state index in [-0.39, 0.29) is 0 Å². The average Bonchev–Trinajstić information content (AvgIpc) is 2.78. The minimum absolute atomic E-state index is 0.556. The van der Waals surface area contributed by atoms with Gasteiger partial charge in [-0.05, 0) is 18.7 Å². The molecule has 84 valence electrons. The van der Waals surface area contributed by atoms with E-state index in [2.05, 4.69) is 5.16 Å². The van der Waals surface area contributed by atoms with Gasteiger partial charge in [0, 0.05) is 18.1 Å². The third kappa shape index (κ3) is 2.06. The zero-order chi connectivity index (χ0) is 11.4. The summed E-state index contributed by atoms with van der Waals surface area (Å²) >= 11 is 0. The van der Waals surface area contributed by atoms with Crippen molar-refractivity contribution in [3.63, 3.8) is 0 Å². The molecule has 16 heavy (non-hydrogen) atoms. The van der Waals surface area contributed by atoms with Gasteiger partial charge in [-0.25, -0.2) is 0 Å². The molecule has 1 aromatic heterocycles. The molecule has 0 unspecified atom stereocenters. The number of methoxy groups -OCH3 is 1. The smallest absolute Gasteiger partial charge is 0.138 e. The summed E-state index contributed by atoms with van der Waals surface area (Å²) in [6.45, 7) is 0.556. The molecule has 0 saturated heterocycles. The van der Waals surface area contributed by atoms with Crippen molar-refractivity contribution < 1.29 is 9.26 Å². The van der Waals surface area contributed by atoms with Gasteiger partial charge in [-0.3, -0.25) is 0 Å². The number of rotatable bonds is 4. The summed E-state index contributed by atoms with van der Waals surface area (Å²) in [6.07, 6.45) is 0.697. The number of ether oxygens (including phenoxy) is 1. The Morgan fingerprint density at radius 3 is 2.94 bits per heavy atom. The second kappa shape index (κ2) is 4.81. The van der Waals surface area contributed by atoms with Gasteiger partial charge in [0.05, 0.1) is 7.11 Å². The number of nitrogens with two attached hydrogens (primary N) is 1. The standard InChI is InChI=1S/C12H14N2O2/c1-15-12-5-3-2-4-10(12)11-8-9(6-7-13)16-14-11/h2-5,8H,6-7,13H2,1H3. The van der Waals surface area contributed by atoms with Crippen molar-refractivity contribution in [3.05, 3.63) is 36.1 Å². The van der Waals surface area contributed by atoms with Crippen LogP contribution in [0, 0.1) is 0 Å². The molecule has 4 heteroatoms. The van der Waals surface area contributed by atoms with E-state index in [1.54, 1.807) is 7.11 Å². The Morgan fingerprint density at radius 2 is 2.19 bits per heavy atom. The molecular weight excluding hydrogens is 204 g/mol. The lowest BCUT2D eigenvalue weighted by Crippen LogP contribution is -2.01. The van der Waals surface area contributed by atoms with Gasteiger partial charge in [0.1, 0.15) is 17.2 Å². The van der Waals surface area contributed by atoms with Crippen LogP contribution in [0.4, 0.5) is 0 Å². The Morgan fingerprint density at radius 1 is 1.38 bits per heavy atom. The fraction of sp³-hybridized carbons (Fsp3) is 0.250. The van der Waals surface area contributed by atoms with Gasteiger partial charge in [-0.15, -0.1) is 0 Å². The fourth-order valence-electron chi connectivity index (χ4n) is 1.56. The van der Waals surface area contributed by atoms with E-state index in [1.165, 1.54) is 0 Å². The van der Waals surface area contributed by atoms with E-state index in [0.717, 1.165) is 22.8 Å². The first kappa shape index (κ1) is 10.7. The van der Waals surface area contributed by atoms with E-state index in [0.29, 0.717) is 13.0 Å². The molecule has 0 saturated carbocycles. The Kier molecular flexibility index (Phi) is 3.22. The van der Waals surface area contributed by atoms with Crippen molar-refractivity contribution in [3.8, 4) is 17.0 Å². The van der Waals surface area contributed by atoms with Crippen LogP contribution in [0.15, 0.2) is 34.9 Å². The van der Waals surface area contributed by atoms with Crippen molar-refractivity contribution >= 4 is 0 Å². The second-order valence-electron chi connectivity index (χ2n) is 3.42. The zero-order valence-corrected chi connectivity index (χ0v) is 9.14. The highest BCUT2D eigenvalue weighted by Gasteiger charge is 2.10. The van der Waals surface area contributed by atoms with Crippen LogP contribution in [-0.4, -0.2) is 18.8 Å². The third-order valence-corrected chi connectivity index (χ3v) is 2.33. The van der Waals surface area contributed by atoms with Crippen molar-refractivity contribution in [2.24, 2.45) is 5.73 Å². The number of hydrogen-bond acceptors (Lipinski definition) is 4. The summed E-state index contributed by atoms with van der Waals surface area (Å²) in [4.78, 5) is 0. The number of nitrogens with zero attached hydrogens (tertiary/aromatic N) is 1. The van der Waals surface area contributed by atoms with Gasteiger partial charge in [-0.1, -0.05) is 17.3 Å². The number of hydrogen-bond donors (Lipinski definition) is 1. The molecule has 0 aliphatic rings. The lowest BCUT2D eigenvalue weighted by atomic mass is 10.1. The first-order chi connectivity index (χ1) is 7.85. The predicted molar refractivity (Wildman–Crippen MR) is 61.2 cm³/mol. The maximum Gasteiger partial charge on any atom is 0.138 e. The summed E-state index contributed by atoms with van der Waals surface area (Å²) in [6, 6.07) is 9.60. The van der Waals surface area contributed by atoms with Crippen LogP contribution in [0.5, 0.6) is 5.75 Å². The van der Waals surface area contributed by atoms with E-state index in [4.69, 9.17) is 15.0 Å². The highest BCUT2D eigenvalue weighted by molar-refractivity contribution is 5.66. The second-order valence-corrected chi connectivity index (χ2v) is 3.42. The first-order valence-corrected chi connectivity index (χ1v) is 5.14. The molecule has 2 aromatic rings. The largest absolute Gasteiger partial charge is 0.496 e. The summed E-state index contributed by atoms with van der Waals surface area (Å²) in [5, 5.41) is 4.00. The van der Waals surface area contributed by atoms with Crippen LogP contribution in [0.3, 0.4) is 0 Å². The van der Waals surface area contributed by atoms with E-state index in [9.17, 15) is 0 Å². The van der Waals surface area contributed by atoms with E-state index < -0.39 is 0 Å². The maximum atomic E-state index is 5.45. The molecule has 1 heterocycles. The number of aromatic nitrogens is 1. The zero-order valence-electron chi connectivity index (χ0n) is 9.14. The van der Waals surface area contributed by atoms with Crippen molar-refractivity contribution in [1.82, 2.24) is 5.16 Å². The highest BCUT2D eigenvalue weighted by Crippen LogP contribution is 2.28. The third-order valence-electron chi connectivity index (χ3n) is 2.33. The number of benzene rings is 1. The van der Waals surface area contributed by atoms with Crippen LogP contribution in [0.1, 0.15) is 5.76 Å². The molecule has 2 rings (SSSR count). The van der Waals surface area contributed by atoms with Crippen LogP contribution < -0.4 is 10.5 Å². The lowest BCUT2D eigenvalue weighted by molar-refractivity contribution is 0.385. The minimum atomic E-state index is 0.556. The predicted octanol–water partition coefficient (Wildman–Crippen LogP) is 1.85. The average molecular weight is 218 g/mol. The van der Waals surface area contributed by atoms with Crippen molar-refractivity contribution in [2.75, 3.05) is 13.7 Å². The van der Waals surface area contributed by atoms with E-state index in [1.807, 2.05) is 30.3 Å². The lowest BCUT2D eigenvalue weighted by Gasteiger charge is -2.03. The molecule has 2 N–H and O–H groups in total. The van der Waals surface area contributed by atoms with Crippen LogP contribution in [0.25, 0.3) is 11.3 Å². The monoisotopic (exact) mass is 218 g/mol. The molecule has 0 aliphatic carbocycles. The van der Waals surface area contributed by atoms with Gasteiger partial charge in [0.2, 0.25) is 0 Å². The van der Waals surface area contributed by atoms with Gasteiger partial charge in [0.25, 0.3) is 0 Å². The van der Waals surface area contributed by atoms with Crippen molar-refractivity contribution in [1.29, 1.82) is 0 Å². The molecule has 0 radical (unpaired) electrons. The van der Waals surface area contributed by atoms with Gasteiger partial charge in [-0.2, -0.15) is 0 Å². The topological polar surface area (TPSA) is 61.3 Å². The molecule has 0 atom stereocenters. The minimum Gasteiger partial charge on any atom is -0.496 e. The van der Waals surface area contributed by atoms with Gasteiger partial charge >= 0.3 is 0 Å². The molecular formula is C12H14N2O2. The Hall–Kier alpha value is -1.81. The Bertz CT molecular complexity index is 466. The normalized spacial score (nSPS) is 10.4. The van der Waals surface area contributed by atoms with Crippen LogP contribution >= 0.6 is 0 Å². The Balaban J connectivity index is 2.34. The van der Waals surface area contributed by atoms with Crippen LogP contribution in [-0.2, 0) is 6.42 Å².